The fraction of sp³-hybridized carbons (Fsp3) is 0.400. The fourth-order valence-corrected chi connectivity index (χ4v) is 19.0. The summed E-state index contributed by atoms with van der Waals surface area (Å²) in [5, 5.41) is 0.722. The molecule has 6 aliphatic rings. The molecule has 10 aromatic rings. The minimum atomic E-state index is 0.0432. The molecular weight excluding hydrogens is 1300 g/mol. The maximum absolute atomic E-state index is 7.73. The average Bonchev–Trinajstić information content (AvgIpc) is 0.698. The van der Waals surface area contributed by atoms with Crippen LogP contribution in [0.2, 0.25) is 5.02 Å². The minimum Gasteiger partial charge on any atom is -0.311 e. The minimum absolute atomic E-state index is 0.0432. The Morgan fingerprint density at radius 2 is 0.575 bits per heavy atom. The number of nitrogens with zero attached hydrogens (tertiary/aromatic N) is 4. The molecule has 4 aliphatic carbocycles. The van der Waals surface area contributed by atoms with Gasteiger partial charge in [-0.05, 0) is 267 Å². The molecule has 2 aliphatic heterocycles. The van der Waals surface area contributed by atoms with Crippen molar-refractivity contribution in [1.82, 2.24) is 0 Å². The third-order valence-electron chi connectivity index (χ3n) is 25.1. The molecule has 6 heteroatoms. The Labute approximate surface area is 643 Å². The van der Waals surface area contributed by atoms with Crippen molar-refractivity contribution < 1.29 is 0 Å². The quantitative estimate of drug-likeness (QED) is 0.113. The first-order valence-corrected chi connectivity index (χ1v) is 41.4. The van der Waals surface area contributed by atoms with E-state index in [4.69, 9.17) is 11.6 Å². The molecule has 546 valence electrons. The molecule has 4 fully saturated rings. The van der Waals surface area contributed by atoms with E-state index in [1.807, 2.05) is 0 Å². The Kier molecular flexibility index (Phi) is 21.0. The zero-order valence-corrected chi connectivity index (χ0v) is 66.7. The monoisotopic (exact) mass is 1420 g/mol. The van der Waals surface area contributed by atoms with Crippen LogP contribution in [0.3, 0.4) is 0 Å². The fourth-order valence-electron chi connectivity index (χ4n) is 18.7. The first-order chi connectivity index (χ1) is 51.0. The van der Waals surface area contributed by atoms with Gasteiger partial charge in [-0.25, -0.2) is 0 Å². The lowest BCUT2D eigenvalue weighted by Crippen LogP contribution is -2.61. The summed E-state index contributed by atoms with van der Waals surface area (Å²) in [7, 11) is 0. The van der Waals surface area contributed by atoms with Crippen molar-refractivity contribution in [2.75, 3.05) is 19.6 Å². The summed E-state index contributed by atoms with van der Waals surface area (Å²) in [6, 6.07) is 84.4. The molecule has 0 radical (unpaired) electrons. The van der Waals surface area contributed by atoms with Gasteiger partial charge in [-0.15, -0.1) is 0 Å². The first kappa shape index (κ1) is 73.3. The van der Waals surface area contributed by atoms with Crippen LogP contribution in [0, 0.1) is 0 Å². The normalized spacial score (nSPS) is 16.9. The van der Waals surface area contributed by atoms with Crippen molar-refractivity contribution in [2.45, 2.75) is 257 Å². The van der Waals surface area contributed by atoms with Crippen molar-refractivity contribution in [2.24, 2.45) is 0 Å². The van der Waals surface area contributed by atoms with E-state index in [9.17, 15) is 0 Å². The number of benzene rings is 10. The van der Waals surface area contributed by atoms with Gasteiger partial charge >= 0.3 is 0 Å². The molecule has 2 heterocycles. The number of rotatable bonds is 12. The van der Waals surface area contributed by atoms with Gasteiger partial charge in [-0.1, -0.05) is 281 Å². The highest BCUT2D eigenvalue weighted by Gasteiger charge is 2.44. The third-order valence-corrected chi connectivity index (χ3v) is 25.4. The van der Waals surface area contributed by atoms with E-state index in [1.165, 1.54) is 223 Å². The molecule has 0 amide bonds. The average molecular weight is 1420 g/mol. The van der Waals surface area contributed by atoms with Crippen molar-refractivity contribution in [1.29, 1.82) is 0 Å². The van der Waals surface area contributed by atoms with Crippen LogP contribution in [0.5, 0.6) is 0 Å². The first-order valence-electron chi connectivity index (χ1n) is 41.1. The second kappa shape index (κ2) is 30.4. The van der Waals surface area contributed by atoms with E-state index in [2.05, 4.69) is 321 Å². The van der Waals surface area contributed by atoms with Crippen molar-refractivity contribution in [3.63, 3.8) is 0 Å². The predicted octanol–water partition coefficient (Wildman–Crippen LogP) is 28.4. The lowest BCUT2D eigenvalue weighted by atomic mass is 9.33. The van der Waals surface area contributed by atoms with Gasteiger partial charge in [0.05, 0.1) is 16.4 Å². The smallest absolute Gasteiger partial charge is 0.252 e. The van der Waals surface area contributed by atoms with E-state index in [0.29, 0.717) is 23.7 Å². The summed E-state index contributed by atoms with van der Waals surface area (Å²) in [6.07, 6.45) is 26.7. The van der Waals surface area contributed by atoms with Crippen molar-refractivity contribution in [3.05, 3.63) is 268 Å². The summed E-state index contributed by atoms with van der Waals surface area (Å²) < 4.78 is 0. The Bertz CT molecular complexity index is 4530. The molecule has 0 aromatic heterocycles. The molecule has 0 spiro atoms. The van der Waals surface area contributed by atoms with Crippen LogP contribution in [-0.4, -0.2) is 6.71 Å². The number of hydrogen-bond donors (Lipinski definition) is 0. The van der Waals surface area contributed by atoms with E-state index < -0.39 is 0 Å². The number of hydrogen-bond acceptors (Lipinski definition) is 4. The largest absolute Gasteiger partial charge is 0.311 e. The van der Waals surface area contributed by atoms with E-state index in [0.717, 1.165) is 39.1 Å². The molecule has 0 atom stereocenters. The molecule has 16 rings (SSSR count). The highest BCUT2D eigenvalue weighted by molar-refractivity contribution is 7.00. The van der Waals surface area contributed by atoms with Crippen LogP contribution in [-0.2, 0) is 21.7 Å². The lowest BCUT2D eigenvalue weighted by molar-refractivity contribution is 0.443. The van der Waals surface area contributed by atoms with Gasteiger partial charge in [-0.2, -0.15) is 0 Å². The second-order valence-corrected chi connectivity index (χ2v) is 36.8. The van der Waals surface area contributed by atoms with E-state index >= 15 is 0 Å². The van der Waals surface area contributed by atoms with Crippen molar-refractivity contribution >= 4 is 103 Å². The molecule has 106 heavy (non-hydrogen) atoms. The maximum atomic E-state index is 7.73. The zero-order valence-electron chi connectivity index (χ0n) is 66.0. The Morgan fingerprint density at radius 1 is 0.292 bits per heavy atom. The standard InChI is InChI=1S/C50H57BN2.C50H59ClN2/c1-49(2,3)38-23-28-41(29-24-38)53-45-31-25-39(50(4,5)6)33-43(45)51-42-32-37(35-16-11-8-12-17-35)22-30-44(42)52(46-18-13-19-47(53)48(46)51)40-26-20-36(21-27-40)34-14-9-7-10-15-34;1-49(2,3)40-24-32-44(33-25-40)53(45-34-26-41(27-35-45)50(4,5)6)47-19-13-18-46(48(47)51)52(42-28-20-38(21-29-42)36-14-9-7-10-15-36)43-30-22-39(23-31-43)37-16-11-8-12-17-37/h13,18-35H,7-12,14-17H2,1-6H3;13,18-37H,7-12,14-17H2,1-6H3. The van der Waals surface area contributed by atoms with Gasteiger partial charge in [0.15, 0.2) is 0 Å². The van der Waals surface area contributed by atoms with Crippen LogP contribution < -0.4 is 36.0 Å². The number of fused-ring (bicyclic) bond motifs is 4. The van der Waals surface area contributed by atoms with E-state index in [1.54, 1.807) is 0 Å². The molecule has 4 saturated carbocycles. The Morgan fingerprint density at radius 3 is 0.943 bits per heavy atom. The van der Waals surface area contributed by atoms with Crippen LogP contribution in [0.1, 0.15) is 280 Å². The molecule has 0 bridgehead atoms. The predicted molar refractivity (Wildman–Crippen MR) is 459 cm³/mol. The number of anilines is 12. The van der Waals surface area contributed by atoms with Gasteiger partial charge in [0, 0.05) is 56.9 Å². The summed E-state index contributed by atoms with van der Waals surface area (Å²) in [4.78, 5) is 9.84. The van der Waals surface area contributed by atoms with Gasteiger partial charge in [0.1, 0.15) is 0 Å². The molecule has 0 saturated heterocycles. The Balaban J connectivity index is 0.000000170. The SMILES string of the molecule is CC(C)(C)c1ccc(N(c2ccc(C(C)(C)C)cc2)c2cccc(N(c3ccc(C4CCCCC4)cc3)c3ccc(C4CCCCC4)cc3)c2Cl)cc1.CC(C)(C)c1ccc(N2c3ccc(C(C)(C)C)cc3B3c4cc(C5CCCCC5)ccc4N(c4ccc(C5CCCCC5)cc4)c4cccc2c43)cc1. The van der Waals surface area contributed by atoms with Crippen LogP contribution in [0.4, 0.5) is 68.2 Å². The van der Waals surface area contributed by atoms with Crippen molar-refractivity contribution in [3.8, 4) is 0 Å². The van der Waals surface area contributed by atoms with E-state index in [-0.39, 0.29) is 28.4 Å². The zero-order chi connectivity index (χ0) is 73.7. The third kappa shape index (κ3) is 15.2. The van der Waals surface area contributed by atoms with Crippen LogP contribution >= 0.6 is 11.6 Å². The van der Waals surface area contributed by atoms with Gasteiger partial charge < -0.3 is 19.6 Å². The summed E-state index contributed by atoms with van der Waals surface area (Å²) >= 11 is 7.73. The summed E-state index contributed by atoms with van der Waals surface area (Å²) in [5.41, 5.74) is 30.0. The summed E-state index contributed by atoms with van der Waals surface area (Å²) in [6.45, 7) is 27.7. The molecule has 4 nitrogen and oxygen atoms in total. The summed E-state index contributed by atoms with van der Waals surface area (Å²) in [5.74, 6) is 2.67. The molecule has 10 aromatic carbocycles. The van der Waals surface area contributed by atoms with Gasteiger partial charge in [0.25, 0.3) is 6.71 Å². The molecular formula is C100H116BClN4. The number of halogens is 1. The topological polar surface area (TPSA) is 13.0 Å². The second-order valence-electron chi connectivity index (χ2n) is 36.4. The van der Waals surface area contributed by atoms with Gasteiger partial charge in [-0.3, -0.25) is 0 Å². The lowest BCUT2D eigenvalue weighted by Gasteiger charge is -2.44. The maximum Gasteiger partial charge on any atom is 0.252 e. The van der Waals surface area contributed by atoms with Crippen LogP contribution in [0.15, 0.2) is 218 Å². The highest BCUT2D eigenvalue weighted by Crippen LogP contribution is 2.51. The Hall–Kier alpha value is -8.25. The molecule has 0 unspecified atom stereocenters. The van der Waals surface area contributed by atoms with Crippen LogP contribution in [0.25, 0.3) is 0 Å². The van der Waals surface area contributed by atoms with Gasteiger partial charge in [0.2, 0.25) is 0 Å². The highest BCUT2D eigenvalue weighted by atomic mass is 35.5. The molecule has 0 N–H and O–H groups in total.